The molecule has 3 N–H and O–H groups in total. The molecule has 0 atom stereocenters. The minimum atomic E-state index is -0.701. The van der Waals surface area contributed by atoms with Crippen molar-refractivity contribution < 1.29 is 9.53 Å². The van der Waals surface area contributed by atoms with Gasteiger partial charge in [0.2, 0.25) is 0 Å². The van der Waals surface area contributed by atoms with Gasteiger partial charge in [-0.15, -0.1) is 0 Å². The lowest BCUT2D eigenvalue weighted by Gasteiger charge is -2.07. The second-order valence-electron chi connectivity index (χ2n) is 4.23. The molecule has 2 aromatic rings. The summed E-state index contributed by atoms with van der Waals surface area (Å²) in [5.74, 6) is 0.720. The molecule has 0 aliphatic rings. The van der Waals surface area contributed by atoms with Crippen LogP contribution in [-0.4, -0.2) is 12.2 Å². The van der Waals surface area contributed by atoms with Crippen molar-refractivity contribution in [3.63, 3.8) is 0 Å². The second kappa shape index (κ2) is 7.44. The lowest BCUT2D eigenvalue weighted by Crippen LogP contribution is -2.24. The van der Waals surface area contributed by atoms with Crippen molar-refractivity contribution in [1.29, 1.82) is 0 Å². The number of nitrogens with two attached hydrogens (primary N) is 1. The van der Waals surface area contributed by atoms with Gasteiger partial charge >= 0.3 is 6.03 Å². The van der Waals surface area contributed by atoms with Gasteiger partial charge in [0.25, 0.3) is 0 Å². The molecule has 0 saturated carbocycles. The zero-order chi connectivity index (χ0) is 15.1. The normalized spacial score (nSPS) is 10.5. The first-order chi connectivity index (χ1) is 10.1. The molecule has 0 fully saturated rings. The van der Waals surface area contributed by atoms with Crippen molar-refractivity contribution in [2.45, 2.75) is 6.61 Å². The van der Waals surface area contributed by atoms with Crippen LogP contribution in [0.15, 0.2) is 58.1 Å². The zero-order valence-electron chi connectivity index (χ0n) is 11.1. The molecular weight excluding hydrogens is 334 g/mol. The van der Waals surface area contributed by atoms with Crippen molar-refractivity contribution in [1.82, 2.24) is 5.43 Å². The van der Waals surface area contributed by atoms with Gasteiger partial charge in [0, 0.05) is 4.47 Å². The lowest BCUT2D eigenvalue weighted by molar-refractivity contribution is 0.249. The van der Waals surface area contributed by atoms with E-state index in [9.17, 15) is 4.79 Å². The van der Waals surface area contributed by atoms with E-state index < -0.39 is 6.03 Å². The summed E-state index contributed by atoms with van der Waals surface area (Å²) in [5, 5.41) is 3.70. The minimum Gasteiger partial charge on any atom is -0.489 e. The Balaban J connectivity index is 1.97. The van der Waals surface area contributed by atoms with E-state index in [2.05, 4.69) is 26.5 Å². The quantitative estimate of drug-likeness (QED) is 0.644. The van der Waals surface area contributed by atoms with E-state index in [4.69, 9.17) is 10.5 Å². The number of carbonyl (C=O) groups is 1. The zero-order valence-corrected chi connectivity index (χ0v) is 12.7. The average molecular weight is 348 g/mol. The van der Waals surface area contributed by atoms with Crippen molar-refractivity contribution in [3.05, 3.63) is 64.1 Å². The molecule has 0 heterocycles. The highest BCUT2D eigenvalue weighted by atomic mass is 79.9. The van der Waals surface area contributed by atoms with E-state index in [1.165, 1.54) is 6.21 Å². The highest BCUT2D eigenvalue weighted by Crippen LogP contribution is 2.16. The predicted octanol–water partition coefficient (Wildman–Crippen LogP) is 3.03. The number of nitrogens with one attached hydrogen (secondary N) is 1. The van der Waals surface area contributed by atoms with Crippen molar-refractivity contribution in [2.75, 3.05) is 0 Å². The third kappa shape index (κ3) is 5.27. The Bertz CT molecular complexity index is 659. The van der Waals surface area contributed by atoms with Crippen molar-refractivity contribution >= 4 is 28.2 Å². The molecule has 0 bridgehead atoms. The SMILES string of the molecule is NC(=O)NN=Cc1cccc(OCc2cccc(Br)c2)c1. The first kappa shape index (κ1) is 15.1. The summed E-state index contributed by atoms with van der Waals surface area (Å²) in [6.07, 6.45) is 1.50. The summed E-state index contributed by atoms with van der Waals surface area (Å²) in [6, 6.07) is 14.6. The van der Waals surface area contributed by atoms with Crippen LogP contribution in [0.1, 0.15) is 11.1 Å². The van der Waals surface area contributed by atoms with Gasteiger partial charge < -0.3 is 10.5 Å². The van der Waals surface area contributed by atoms with Crippen LogP contribution in [0.4, 0.5) is 4.79 Å². The Morgan fingerprint density at radius 3 is 2.86 bits per heavy atom. The summed E-state index contributed by atoms with van der Waals surface area (Å²) in [4.78, 5) is 10.5. The van der Waals surface area contributed by atoms with Gasteiger partial charge in [0.15, 0.2) is 0 Å². The Morgan fingerprint density at radius 2 is 2.10 bits per heavy atom. The van der Waals surface area contributed by atoms with Crippen LogP contribution in [-0.2, 0) is 6.61 Å². The molecule has 2 amide bonds. The Kier molecular flexibility index (Phi) is 5.34. The molecule has 5 nitrogen and oxygen atoms in total. The molecule has 0 spiro atoms. The molecule has 0 aromatic heterocycles. The van der Waals surface area contributed by atoms with E-state index in [0.717, 1.165) is 21.3 Å². The third-order valence-electron chi connectivity index (χ3n) is 2.54. The number of carbonyl (C=O) groups excluding carboxylic acids is 1. The Morgan fingerprint density at radius 1 is 1.29 bits per heavy atom. The molecule has 2 rings (SSSR count). The number of hydrogen-bond acceptors (Lipinski definition) is 3. The third-order valence-corrected chi connectivity index (χ3v) is 3.03. The van der Waals surface area contributed by atoms with Crippen LogP contribution in [0, 0.1) is 0 Å². The topological polar surface area (TPSA) is 76.7 Å². The Labute approximate surface area is 130 Å². The fraction of sp³-hybridized carbons (Fsp3) is 0.0667. The fourth-order valence-electron chi connectivity index (χ4n) is 1.65. The summed E-state index contributed by atoms with van der Waals surface area (Å²) in [5.41, 5.74) is 8.93. The van der Waals surface area contributed by atoms with Crippen molar-refractivity contribution in [3.8, 4) is 5.75 Å². The van der Waals surface area contributed by atoms with E-state index in [0.29, 0.717) is 6.61 Å². The van der Waals surface area contributed by atoms with E-state index >= 15 is 0 Å². The molecule has 6 heteroatoms. The maximum absolute atomic E-state index is 10.5. The number of nitrogens with zero attached hydrogens (tertiary/aromatic N) is 1. The highest BCUT2D eigenvalue weighted by molar-refractivity contribution is 9.10. The molecule has 0 unspecified atom stereocenters. The number of ether oxygens (including phenoxy) is 1. The summed E-state index contributed by atoms with van der Waals surface area (Å²) in [6.45, 7) is 0.472. The van der Waals surface area contributed by atoms with E-state index in [1.807, 2.05) is 48.5 Å². The van der Waals surface area contributed by atoms with Crippen LogP contribution in [0.5, 0.6) is 5.75 Å². The molecule has 2 aromatic carbocycles. The number of halogens is 1. The largest absolute Gasteiger partial charge is 0.489 e. The summed E-state index contributed by atoms with van der Waals surface area (Å²) < 4.78 is 6.74. The monoisotopic (exact) mass is 347 g/mol. The van der Waals surface area contributed by atoms with E-state index in [1.54, 1.807) is 0 Å². The van der Waals surface area contributed by atoms with Crippen LogP contribution < -0.4 is 15.9 Å². The lowest BCUT2D eigenvalue weighted by atomic mass is 10.2. The molecule has 0 aliphatic carbocycles. The van der Waals surface area contributed by atoms with Crippen LogP contribution >= 0.6 is 15.9 Å². The molecule has 0 aliphatic heterocycles. The van der Waals surface area contributed by atoms with Gasteiger partial charge in [0.1, 0.15) is 12.4 Å². The molecule has 21 heavy (non-hydrogen) atoms. The first-order valence-corrected chi connectivity index (χ1v) is 6.98. The average Bonchev–Trinajstić information content (AvgIpc) is 2.45. The van der Waals surface area contributed by atoms with Gasteiger partial charge in [-0.05, 0) is 35.4 Å². The highest BCUT2D eigenvalue weighted by Gasteiger charge is 1.98. The number of urea groups is 1. The number of hydrogen-bond donors (Lipinski definition) is 2. The Hall–Kier alpha value is -2.34. The molecule has 108 valence electrons. The summed E-state index contributed by atoms with van der Waals surface area (Å²) in [7, 11) is 0. The van der Waals surface area contributed by atoms with Gasteiger partial charge in [-0.1, -0.05) is 40.2 Å². The standard InChI is InChI=1S/C15H14BrN3O2/c16-13-5-1-4-12(7-13)10-21-14-6-2-3-11(8-14)9-18-19-15(17)20/h1-9H,10H2,(H3,17,19,20). The number of hydrazone groups is 1. The van der Waals surface area contributed by atoms with Gasteiger partial charge in [-0.2, -0.15) is 5.10 Å². The van der Waals surface area contributed by atoms with Crippen LogP contribution in [0.25, 0.3) is 0 Å². The number of benzene rings is 2. The maximum atomic E-state index is 10.5. The fourth-order valence-corrected chi connectivity index (χ4v) is 2.10. The molecule has 0 radical (unpaired) electrons. The number of rotatable bonds is 5. The van der Waals surface area contributed by atoms with Gasteiger partial charge in [0.05, 0.1) is 6.21 Å². The number of primary amides is 1. The second-order valence-corrected chi connectivity index (χ2v) is 5.14. The first-order valence-electron chi connectivity index (χ1n) is 6.19. The summed E-state index contributed by atoms with van der Waals surface area (Å²) >= 11 is 3.42. The minimum absolute atomic E-state index is 0.472. The van der Waals surface area contributed by atoms with Crippen LogP contribution in [0.2, 0.25) is 0 Å². The molecular formula is C15H14BrN3O2. The predicted molar refractivity (Wildman–Crippen MR) is 85.2 cm³/mol. The van der Waals surface area contributed by atoms with Gasteiger partial charge in [-0.3, -0.25) is 0 Å². The van der Waals surface area contributed by atoms with E-state index in [-0.39, 0.29) is 0 Å². The van der Waals surface area contributed by atoms with Gasteiger partial charge in [-0.25, -0.2) is 10.2 Å². The maximum Gasteiger partial charge on any atom is 0.332 e. The smallest absolute Gasteiger partial charge is 0.332 e. The molecule has 0 saturated heterocycles. The van der Waals surface area contributed by atoms with Crippen LogP contribution in [0.3, 0.4) is 0 Å². The number of amides is 2. The van der Waals surface area contributed by atoms with Crippen molar-refractivity contribution in [2.24, 2.45) is 10.8 Å².